The maximum absolute atomic E-state index is 11.0. The van der Waals surface area contributed by atoms with Crippen molar-refractivity contribution in [3.8, 4) is 5.88 Å². The van der Waals surface area contributed by atoms with Gasteiger partial charge in [0.25, 0.3) is 0 Å². The highest BCUT2D eigenvalue weighted by Crippen LogP contribution is 2.24. The summed E-state index contributed by atoms with van der Waals surface area (Å²) in [5, 5.41) is 8.00. The number of anilines is 2. The molecule has 0 radical (unpaired) electrons. The SMILES string of the molecule is C=CC(=O)N1CCC(C)C1.COc1nc(Nc2cnn(C)c2)nc2[nH]ccc12. The molecule has 1 saturated heterocycles. The Labute approximate surface area is 163 Å². The zero-order valence-electron chi connectivity index (χ0n) is 16.3. The second-order valence-corrected chi connectivity index (χ2v) is 6.71. The Balaban J connectivity index is 0.000000192. The average Bonchev–Trinajstić information content (AvgIpc) is 3.42. The summed E-state index contributed by atoms with van der Waals surface area (Å²) >= 11 is 0. The number of H-pyrrole nitrogens is 1. The van der Waals surface area contributed by atoms with Gasteiger partial charge in [-0.3, -0.25) is 9.48 Å². The minimum Gasteiger partial charge on any atom is -0.480 e. The van der Waals surface area contributed by atoms with Crippen LogP contribution in [-0.2, 0) is 11.8 Å². The number of hydrogen-bond donors (Lipinski definition) is 2. The number of fused-ring (bicyclic) bond motifs is 1. The number of likely N-dealkylation sites (tertiary alicyclic amines) is 1. The maximum atomic E-state index is 11.0. The second kappa shape index (κ2) is 8.55. The van der Waals surface area contributed by atoms with Crippen LogP contribution in [-0.4, -0.2) is 55.7 Å². The number of aromatic amines is 1. The minimum absolute atomic E-state index is 0.0735. The van der Waals surface area contributed by atoms with Gasteiger partial charge >= 0.3 is 0 Å². The highest BCUT2D eigenvalue weighted by molar-refractivity contribution is 5.87. The Morgan fingerprint density at radius 1 is 1.46 bits per heavy atom. The fourth-order valence-electron chi connectivity index (χ4n) is 3.00. The molecule has 9 nitrogen and oxygen atoms in total. The van der Waals surface area contributed by atoms with Crippen molar-refractivity contribution < 1.29 is 9.53 Å². The van der Waals surface area contributed by atoms with Crippen molar-refractivity contribution in [2.75, 3.05) is 25.5 Å². The molecule has 3 aromatic rings. The summed E-state index contributed by atoms with van der Waals surface area (Å²) in [5.74, 6) is 1.75. The topological polar surface area (TPSA) is 101 Å². The van der Waals surface area contributed by atoms with E-state index in [4.69, 9.17) is 4.74 Å². The van der Waals surface area contributed by atoms with Gasteiger partial charge in [-0.25, -0.2) is 0 Å². The number of methoxy groups -OCH3 is 1. The van der Waals surface area contributed by atoms with Gasteiger partial charge in [-0.2, -0.15) is 15.1 Å². The first-order valence-corrected chi connectivity index (χ1v) is 9.06. The van der Waals surface area contributed by atoms with E-state index >= 15 is 0 Å². The number of aromatic nitrogens is 5. The summed E-state index contributed by atoms with van der Waals surface area (Å²) in [4.78, 5) is 24.5. The van der Waals surface area contributed by atoms with E-state index in [2.05, 4.69) is 38.9 Å². The van der Waals surface area contributed by atoms with E-state index in [1.165, 1.54) is 6.08 Å². The molecule has 0 aliphatic carbocycles. The first-order valence-electron chi connectivity index (χ1n) is 9.06. The van der Waals surface area contributed by atoms with Crippen LogP contribution in [0.2, 0.25) is 0 Å². The summed E-state index contributed by atoms with van der Waals surface area (Å²) in [5.41, 5.74) is 1.55. The largest absolute Gasteiger partial charge is 0.480 e. The second-order valence-electron chi connectivity index (χ2n) is 6.71. The molecule has 1 unspecified atom stereocenters. The van der Waals surface area contributed by atoms with Crippen molar-refractivity contribution in [1.29, 1.82) is 0 Å². The molecule has 0 bridgehead atoms. The molecule has 0 saturated carbocycles. The van der Waals surface area contributed by atoms with Crippen molar-refractivity contribution in [2.45, 2.75) is 13.3 Å². The number of nitrogens with one attached hydrogen (secondary N) is 2. The molecule has 28 heavy (non-hydrogen) atoms. The van der Waals surface area contributed by atoms with Crippen LogP contribution in [0.1, 0.15) is 13.3 Å². The van der Waals surface area contributed by atoms with E-state index in [0.29, 0.717) is 17.7 Å². The van der Waals surface area contributed by atoms with Crippen molar-refractivity contribution in [3.05, 3.63) is 37.3 Å². The lowest BCUT2D eigenvalue weighted by Gasteiger charge is -2.11. The van der Waals surface area contributed by atoms with Crippen LogP contribution in [0.4, 0.5) is 11.6 Å². The number of aryl methyl sites for hydroxylation is 1. The minimum atomic E-state index is 0.0735. The molecule has 1 atom stereocenters. The highest BCUT2D eigenvalue weighted by atomic mass is 16.5. The van der Waals surface area contributed by atoms with Gasteiger partial charge in [0.2, 0.25) is 17.7 Å². The van der Waals surface area contributed by atoms with Crippen LogP contribution in [0.25, 0.3) is 11.0 Å². The van der Waals surface area contributed by atoms with Crippen LogP contribution in [0, 0.1) is 5.92 Å². The highest BCUT2D eigenvalue weighted by Gasteiger charge is 2.20. The number of ether oxygens (including phenoxy) is 1. The summed E-state index contributed by atoms with van der Waals surface area (Å²) in [6.07, 6.45) is 7.87. The molecule has 1 aliphatic rings. The number of rotatable bonds is 4. The molecular formula is C19H25N7O2. The van der Waals surface area contributed by atoms with E-state index in [1.807, 2.05) is 24.2 Å². The van der Waals surface area contributed by atoms with Crippen LogP contribution in [0.5, 0.6) is 5.88 Å². The molecule has 0 spiro atoms. The van der Waals surface area contributed by atoms with Gasteiger partial charge < -0.3 is 19.9 Å². The molecule has 1 fully saturated rings. The summed E-state index contributed by atoms with van der Waals surface area (Å²) in [7, 11) is 3.43. The predicted octanol–water partition coefficient (Wildman–Crippen LogP) is 2.48. The van der Waals surface area contributed by atoms with Crippen LogP contribution in [0.3, 0.4) is 0 Å². The maximum Gasteiger partial charge on any atom is 0.245 e. The number of carbonyl (C=O) groups excluding carboxylic acids is 1. The Kier molecular flexibility index (Phi) is 5.93. The van der Waals surface area contributed by atoms with Crippen LogP contribution in [0.15, 0.2) is 37.3 Å². The Hall–Kier alpha value is -3.36. The Bertz CT molecular complexity index is 962. The molecular weight excluding hydrogens is 358 g/mol. The van der Waals surface area contributed by atoms with Crippen molar-refractivity contribution in [3.63, 3.8) is 0 Å². The lowest BCUT2D eigenvalue weighted by molar-refractivity contribution is -0.125. The van der Waals surface area contributed by atoms with Gasteiger partial charge in [-0.05, 0) is 24.5 Å². The number of amides is 1. The van der Waals surface area contributed by atoms with Crippen LogP contribution >= 0.6 is 0 Å². The van der Waals surface area contributed by atoms with Gasteiger partial charge in [0, 0.05) is 32.5 Å². The molecule has 3 aromatic heterocycles. The third kappa shape index (κ3) is 4.48. The van der Waals surface area contributed by atoms with E-state index in [-0.39, 0.29) is 5.91 Å². The smallest absolute Gasteiger partial charge is 0.245 e. The lowest BCUT2D eigenvalue weighted by atomic mass is 10.2. The van der Waals surface area contributed by atoms with E-state index in [0.717, 1.165) is 36.2 Å². The van der Waals surface area contributed by atoms with Crippen molar-refractivity contribution in [2.24, 2.45) is 13.0 Å². The quantitative estimate of drug-likeness (QED) is 0.671. The zero-order valence-corrected chi connectivity index (χ0v) is 16.3. The molecule has 0 aromatic carbocycles. The van der Waals surface area contributed by atoms with Gasteiger partial charge in [0.15, 0.2) is 0 Å². The third-order valence-corrected chi connectivity index (χ3v) is 4.45. The molecule has 9 heteroatoms. The van der Waals surface area contributed by atoms with Crippen molar-refractivity contribution >= 4 is 28.6 Å². The summed E-state index contributed by atoms with van der Waals surface area (Å²) in [6.45, 7) is 7.42. The Morgan fingerprint density at radius 3 is 2.89 bits per heavy atom. The van der Waals surface area contributed by atoms with E-state index in [9.17, 15) is 4.79 Å². The standard InChI is InChI=1S/C11H12N6O.C8H13NO/c1-17-6-7(5-13-17)14-11-15-9-8(3-4-12-9)10(16-11)18-2;1-3-8(10)9-5-4-7(2)6-9/h3-6H,1-2H3,(H2,12,14,15,16);3,7H,1,4-6H2,2H3. The van der Waals surface area contributed by atoms with Gasteiger partial charge in [0.05, 0.1) is 24.4 Å². The zero-order chi connectivity index (χ0) is 20.1. The molecule has 1 aliphatic heterocycles. The number of hydrogen-bond acceptors (Lipinski definition) is 6. The first-order chi connectivity index (χ1) is 13.5. The Morgan fingerprint density at radius 2 is 2.29 bits per heavy atom. The van der Waals surface area contributed by atoms with E-state index in [1.54, 1.807) is 24.2 Å². The molecule has 1 amide bonds. The third-order valence-electron chi connectivity index (χ3n) is 4.45. The summed E-state index contributed by atoms with van der Waals surface area (Å²) < 4.78 is 6.94. The molecule has 4 heterocycles. The van der Waals surface area contributed by atoms with Gasteiger partial charge in [-0.15, -0.1) is 0 Å². The van der Waals surface area contributed by atoms with Crippen molar-refractivity contribution in [1.82, 2.24) is 29.6 Å². The molecule has 2 N–H and O–H groups in total. The summed E-state index contributed by atoms with van der Waals surface area (Å²) in [6, 6.07) is 1.88. The normalized spacial score (nSPS) is 15.8. The van der Waals surface area contributed by atoms with E-state index < -0.39 is 0 Å². The monoisotopic (exact) mass is 383 g/mol. The van der Waals surface area contributed by atoms with Gasteiger partial charge in [0.1, 0.15) is 5.65 Å². The first kappa shape index (κ1) is 19.4. The average molecular weight is 383 g/mol. The van der Waals surface area contributed by atoms with Crippen LogP contribution < -0.4 is 10.1 Å². The number of carbonyl (C=O) groups is 1. The number of nitrogens with zero attached hydrogens (tertiary/aromatic N) is 5. The lowest BCUT2D eigenvalue weighted by Crippen LogP contribution is -2.26. The fraction of sp³-hybridized carbons (Fsp3) is 0.368. The fourth-order valence-corrected chi connectivity index (χ4v) is 3.00. The molecule has 148 valence electrons. The predicted molar refractivity (Wildman–Crippen MR) is 107 cm³/mol. The van der Waals surface area contributed by atoms with Gasteiger partial charge in [-0.1, -0.05) is 13.5 Å². The molecule has 4 rings (SSSR count).